The van der Waals surface area contributed by atoms with Crippen LogP contribution in [-0.4, -0.2) is 27.9 Å². The molecule has 0 bridgehead atoms. The Morgan fingerprint density at radius 2 is 1.72 bits per heavy atom. The van der Waals surface area contributed by atoms with Crippen molar-refractivity contribution in [3.63, 3.8) is 0 Å². The summed E-state index contributed by atoms with van der Waals surface area (Å²) >= 11 is 5.79. The predicted molar refractivity (Wildman–Crippen MR) is 108 cm³/mol. The van der Waals surface area contributed by atoms with Crippen molar-refractivity contribution in [3.8, 4) is 5.75 Å². The highest BCUT2D eigenvalue weighted by molar-refractivity contribution is 6.30. The number of amides is 1. The number of aromatic nitrogens is 2. The maximum atomic E-state index is 12.2. The van der Waals surface area contributed by atoms with E-state index in [-0.39, 0.29) is 11.6 Å². The maximum Gasteiger partial charge on any atom is 0.355 e. The summed E-state index contributed by atoms with van der Waals surface area (Å²) in [4.78, 5) is 30.9. The Balaban J connectivity index is 1.79. The second-order valence-electron chi connectivity index (χ2n) is 5.62. The van der Waals surface area contributed by atoms with Crippen molar-refractivity contribution in [2.45, 2.75) is 0 Å². The summed E-state index contributed by atoms with van der Waals surface area (Å²) in [6.07, 6.45) is 1.13. The van der Waals surface area contributed by atoms with Crippen LogP contribution in [0.15, 0.2) is 54.9 Å². The van der Waals surface area contributed by atoms with E-state index in [2.05, 4.69) is 26.1 Å². The molecule has 3 N–H and O–H groups in total. The highest BCUT2D eigenvalue weighted by atomic mass is 35.5. The first-order valence-electron chi connectivity index (χ1n) is 8.20. The quantitative estimate of drug-likeness (QED) is 0.395. The molecule has 0 aliphatic carbocycles. The molecule has 2 aromatic carbocycles. The van der Waals surface area contributed by atoms with Gasteiger partial charge in [0, 0.05) is 16.3 Å². The SMILES string of the molecule is COc1ccc(Nc2ncnc(NNC(=O)c3ccc(Cl)cc3)c2[N+](=O)[O-])cc1. The Bertz CT molecular complexity index is 1030. The van der Waals surface area contributed by atoms with Crippen LogP contribution in [0.4, 0.5) is 23.0 Å². The van der Waals surface area contributed by atoms with Gasteiger partial charge in [-0.05, 0) is 48.5 Å². The average Bonchev–Trinajstić information content (AvgIpc) is 2.73. The third kappa shape index (κ3) is 4.87. The molecule has 0 aliphatic rings. The minimum atomic E-state index is -0.650. The summed E-state index contributed by atoms with van der Waals surface area (Å²) in [7, 11) is 1.54. The number of halogens is 1. The number of methoxy groups -OCH3 is 1. The molecule has 0 spiro atoms. The summed E-state index contributed by atoms with van der Waals surface area (Å²) in [5, 5.41) is 14.9. The molecule has 0 atom stereocenters. The van der Waals surface area contributed by atoms with Crippen molar-refractivity contribution in [2.75, 3.05) is 17.9 Å². The number of carbonyl (C=O) groups excluding carboxylic acids is 1. The molecule has 3 aromatic rings. The minimum Gasteiger partial charge on any atom is -0.497 e. The van der Waals surface area contributed by atoms with Gasteiger partial charge in [-0.25, -0.2) is 9.97 Å². The second kappa shape index (κ2) is 8.85. The Morgan fingerprint density at radius 3 is 2.34 bits per heavy atom. The molecule has 1 heterocycles. The zero-order valence-corrected chi connectivity index (χ0v) is 15.8. The van der Waals surface area contributed by atoms with Crippen LogP contribution in [-0.2, 0) is 0 Å². The predicted octanol–water partition coefficient (Wildman–Crippen LogP) is 3.55. The molecule has 0 unspecified atom stereocenters. The lowest BCUT2D eigenvalue weighted by molar-refractivity contribution is -0.383. The Hall–Kier alpha value is -3.92. The van der Waals surface area contributed by atoms with Gasteiger partial charge in [-0.2, -0.15) is 0 Å². The number of nitrogens with one attached hydrogen (secondary N) is 3. The van der Waals surface area contributed by atoms with E-state index in [4.69, 9.17) is 16.3 Å². The van der Waals surface area contributed by atoms with Gasteiger partial charge in [0.05, 0.1) is 12.0 Å². The molecule has 29 heavy (non-hydrogen) atoms. The average molecular weight is 415 g/mol. The number of carbonyl (C=O) groups is 1. The van der Waals surface area contributed by atoms with Gasteiger partial charge in [0.15, 0.2) is 0 Å². The summed E-state index contributed by atoms with van der Waals surface area (Å²) in [6.45, 7) is 0. The molecular formula is C18H15ClN6O4. The van der Waals surface area contributed by atoms with Gasteiger partial charge in [0.25, 0.3) is 5.91 Å². The standard InChI is InChI=1S/C18H15ClN6O4/c1-29-14-8-6-13(7-9-14)22-16-15(25(27)28)17(21-10-20-16)23-24-18(26)11-2-4-12(19)5-3-11/h2-10H,1H3,(H,24,26)(H2,20,21,22,23). The van der Waals surface area contributed by atoms with Crippen molar-refractivity contribution >= 4 is 40.5 Å². The highest BCUT2D eigenvalue weighted by Crippen LogP contribution is 2.31. The zero-order chi connectivity index (χ0) is 20.8. The number of rotatable bonds is 7. The van der Waals surface area contributed by atoms with E-state index in [0.29, 0.717) is 22.0 Å². The second-order valence-corrected chi connectivity index (χ2v) is 6.05. The third-order valence-electron chi connectivity index (χ3n) is 3.76. The minimum absolute atomic E-state index is 0.0431. The lowest BCUT2D eigenvalue weighted by Gasteiger charge is -2.11. The molecule has 10 nitrogen and oxygen atoms in total. The van der Waals surface area contributed by atoms with E-state index >= 15 is 0 Å². The van der Waals surface area contributed by atoms with E-state index < -0.39 is 16.5 Å². The highest BCUT2D eigenvalue weighted by Gasteiger charge is 2.23. The van der Waals surface area contributed by atoms with Gasteiger partial charge < -0.3 is 10.1 Å². The molecule has 1 amide bonds. The van der Waals surface area contributed by atoms with Crippen molar-refractivity contribution in [1.29, 1.82) is 0 Å². The molecule has 3 rings (SSSR count). The summed E-state index contributed by atoms with van der Waals surface area (Å²) < 4.78 is 5.08. The monoisotopic (exact) mass is 414 g/mol. The van der Waals surface area contributed by atoms with Gasteiger partial charge in [-0.15, -0.1) is 0 Å². The van der Waals surface area contributed by atoms with Gasteiger partial charge in [0.1, 0.15) is 12.1 Å². The zero-order valence-electron chi connectivity index (χ0n) is 15.0. The molecule has 0 saturated carbocycles. The van der Waals surface area contributed by atoms with Crippen molar-refractivity contribution in [1.82, 2.24) is 15.4 Å². The summed E-state index contributed by atoms with van der Waals surface area (Å²) in [5.74, 6) is -0.0963. The van der Waals surface area contributed by atoms with Crippen LogP contribution in [0, 0.1) is 10.1 Å². The largest absolute Gasteiger partial charge is 0.497 e. The van der Waals surface area contributed by atoms with Crippen molar-refractivity contribution in [3.05, 3.63) is 75.6 Å². The number of hydrazine groups is 1. The maximum absolute atomic E-state index is 12.2. The molecule has 11 heteroatoms. The Morgan fingerprint density at radius 1 is 1.07 bits per heavy atom. The summed E-state index contributed by atoms with van der Waals surface area (Å²) in [5.41, 5.74) is 5.27. The third-order valence-corrected chi connectivity index (χ3v) is 4.01. The van der Waals surface area contributed by atoms with Crippen LogP contribution >= 0.6 is 11.6 Å². The molecule has 0 aliphatic heterocycles. The van der Waals surface area contributed by atoms with Crippen molar-refractivity contribution in [2.24, 2.45) is 0 Å². The van der Waals surface area contributed by atoms with E-state index in [0.717, 1.165) is 6.33 Å². The van der Waals surface area contributed by atoms with Crippen LogP contribution < -0.4 is 20.9 Å². The lowest BCUT2D eigenvalue weighted by Crippen LogP contribution is -2.30. The number of nitrogens with zero attached hydrogens (tertiary/aromatic N) is 3. The van der Waals surface area contributed by atoms with Crippen LogP contribution in [0.5, 0.6) is 5.75 Å². The topological polar surface area (TPSA) is 131 Å². The van der Waals surface area contributed by atoms with E-state index in [1.165, 1.54) is 19.2 Å². The van der Waals surface area contributed by atoms with E-state index in [1.54, 1.807) is 36.4 Å². The van der Waals surface area contributed by atoms with Crippen LogP contribution in [0.25, 0.3) is 0 Å². The lowest BCUT2D eigenvalue weighted by atomic mass is 10.2. The molecule has 0 saturated heterocycles. The first kappa shape index (κ1) is 19.8. The fourth-order valence-corrected chi connectivity index (χ4v) is 2.46. The number of nitro groups is 1. The number of hydrogen-bond donors (Lipinski definition) is 3. The number of ether oxygens (including phenoxy) is 1. The normalized spacial score (nSPS) is 10.1. The fraction of sp³-hybridized carbons (Fsp3) is 0.0556. The van der Waals surface area contributed by atoms with Crippen LogP contribution in [0.3, 0.4) is 0 Å². The van der Waals surface area contributed by atoms with Gasteiger partial charge in [-0.3, -0.25) is 25.8 Å². The fourth-order valence-electron chi connectivity index (χ4n) is 2.34. The molecule has 148 valence electrons. The summed E-state index contributed by atoms with van der Waals surface area (Å²) in [6, 6.07) is 12.9. The molecule has 1 aromatic heterocycles. The Labute approximate surface area is 170 Å². The number of hydrogen-bond acceptors (Lipinski definition) is 8. The molecular weight excluding hydrogens is 400 g/mol. The van der Waals surface area contributed by atoms with E-state index in [9.17, 15) is 14.9 Å². The number of anilines is 3. The molecule has 0 radical (unpaired) electrons. The van der Waals surface area contributed by atoms with Gasteiger partial charge in [0.2, 0.25) is 11.6 Å². The van der Waals surface area contributed by atoms with Gasteiger partial charge >= 0.3 is 5.69 Å². The first-order valence-corrected chi connectivity index (χ1v) is 8.58. The number of benzene rings is 2. The Kier molecular flexibility index (Phi) is 6.05. The molecule has 0 fully saturated rings. The van der Waals surface area contributed by atoms with Gasteiger partial charge in [-0.1, -0.05) is 11.6 Å². The smallest absolute Gasteiger partial charge is 0.355 e. The van der Waals surface area contributed by atoms with Crippen molar-refractivity contribution < 1.29 is 14.5 Å². The first-order chi connectivity index (χ1) is 14.0. The van der Waals surface area contributed by atoms with E-state index in [1.807, 2.05) is 0 Å². The van der Waals surface area contributed by atoms with Crippen LogP contribution in [0.1, 0.15) is 10.4 Å². The van der Waals surface area contributed by atoms with Crippen LogP contribution in [0.2, 0.25) is 5.02 Å².